The van der Waals surface area contributed by atoms with Gasteiger partial charge in [-0.25, -0.2) is 9.97 Å². The van der Waals surface area contributed by atoms with E-state index in [-0.39, 0.29) is 5.28 Å². The third-order valence-corrected chi connectivity index (χ3v) is 3.99. The van der Waals surface area contributed by atoms with E-state index in [1.807, 2.05) is 48.5 Å². The van der Waals surface area contributed by atoms with Crippen molar-refractivity contribution in [3.63, 3.8) is 0 Å². The second kappa shape index (κ2) is 5.82. The molecule has 0 radical (unpaired) electrons. The quantitative estimate of drug-likeness (QED) is 0.449. The van der Waals surface area contributed by atoms with Gasteiger partial charge < -0.3 is 0 Å². The molecule has 0 amide bonds. The van der Waals surface area contributed by atoms with Crippen molar-refractivity contribution in [3.05, 3.63) is 84.1 Å². The van der Waals surface area contributed by atoms with E-state index in [4.69, 9.17) is 11.6 Å². The molecule has 0 unspecified atom stereocenters. The van der Waals surface area contributed by atoms with Crippen LogP contribution < -0.4 is 0 Å². The van der Waals surface area contributed by atoms with E-state index in [1.165, 1.54) is 0 Å². The highest BCUT2D eigenvalue weighted by molar-refractivity contribution is 6.28. The van der Waals surface area contributed by atoms with E-state index in [0.717, 1.165) is 33.3 Å². The summed E-state index contributed by atoms with van der Waals surface area (Å²) in [7, 11) is 0. The van der Waals surface area contributed by atoms with Crippen molar-refractivity contribution in [1.82, 2.24) is 9.97 Å². The number of benzene rings is 3. The molecular formula is C20H13ClN2. The molecule has 0 saturated heterocycles. The van der Waals surface area contributed by atoms with Gasteiger partial charge in [0.05, 0.1) is 11.2 Å². The van der Waals surface area contributed by atoms with Crippen LogP contribution in [-0.4, -0.2) is 9.97 Å². The van der Waals surface area contributed by atoms with Gasteiger partial charge >= 0.3 is 0 Å². The highest BCUT2D eigenvalue weighted by atomic mass is 35.5. The van der Waals surface area contributed by atoms with Gasteiger partial charge in [-0.15, -0.1) is 0 Å². The Morgan fingerprint density at radius 2 is 1.26 bits per heavy atom. The summed E-state index contributed by atoms with van der Waals surface area (Å²) in [5.74, 6) is 0. The summed E-state index contributed by atoms with van der Waals surface area (Å²) in [6.45, 7) is 0. The van der Waals surface area contributed by atoms with E-state index >= 15 is 0 Å². The van der Waals surface area contributed by atoms with Crippen molar-refractivity contribution in [2.45, 2.75) is 0 Å². The number of hydrogen-bond acceptors (Lipinski definition) is 2. The van der Waals surface area contributed by atoms with Crippen LogP contribution in [0.1, 0.15) is 0 Å². The Morgan fingerprint density at radius 1 is 0.609 bits per heavy atom. The molecule has 0 N–H and O–H groups in total. The molecule has 0 bridgehead atoms. The molecule has 0 aliphatic heterocycles. The van der Waals surface area contributed by atoms with Crippen LogP contribution in [0.5, 0.6) is 0 Å². The van der Waals surface area contributed by atoms with E-state index in [0.29, 0.717) is 0 Å². The monoisotopic (exact) mass is 316 g/mol. The molecule has 0 spiro atoms. The summed E-state index contributed by atoms with van der Waals surface area (Å²) in [5, 5.41) is 1.27. The lowest BCUT2D eigenvalue weighted by molar-refractivity contribution is 1.22. The van der Waals surface area contributed by atoms with Gasteiger partial charge in [-0.2, -0.15) is 0 Å². The molecule has 0 saturated carbocycles. The fraction of sp³-hybridized carbons (Fsp3) is 0. The lowest BCUT2D eigenvalue weighted by atomic mass is 10.0. The lowest BCUT2D eigenvalue weighted by Crippen LogP contribution is -1.92. The zero-order valence-corrected chi connectivity index (χ0v) is 13.0. The third-order valence-electron chi connectivity index (χ3n) is 3.82. The second-order valence-electron chi connectivity index (χ2n) is 5.31. The highest BCUT2D eigenvalue weighted by Gasteiger charge is 2.10. The number of nitrogens with zero attached hydrogens (tertiary/aromatic N) is 2. The Morgan fingerprint density at radius 3 is 1.96 bits per heavy atom. The Labute approximate surface area is 139 Å². The number of aromatic nitrogens is 2. The fourth-order valence-corrected chi connectivity index (χ4v) is 2.90. The largest absolute Gasteiger partial charge is 0.223 e. The number of fused-ring (bicyclic) bond motifs is 1. The fourth-order valence-electron chi connectivity index (χ4n) is 2.73. The Balaban J connectivity index is 1.94. The van der Waals surface area contributed by atoms with Crippen LogP contribution in [0.3, 0.4) is 0 Å². The minimum absolute atomic E-state index is 0.265. The van der Waals surface area contributed by atoms with Crippen LogP contribution in [0.15, 0.2) is 78.9 Å². The maximum atomic E-state index is 6.15. The van der Waals surface area contributed by atoms with Gasteiger partial charge in [0.2, 0.25) is 5.28 Å². The van der Waals surface area contributed by atoms with Gasteiger partial charge in [-0.1, -0.05) is 66.7 Å². The molecular weight excluding hydrogens is 304 g/mol. The van der Waals surface area contributed by atoms with Crippen LogP contribution in [-0.2, 0) is 0 Å². The standard InChI is InChI=1S/C20H13ClN2/c21-20-22-18-13-16(14-7-3-1-4-8-14)11-12-17(18)19(23-20)15-9-5-2-6-10-15/h1-13H. The first kappa shape index (κ1) is 13.9. The number of rotatable bonds is 2. The normalized spacial score (nSPS) is 10.8. The van der Waals surface area contributed by atoms with E-state index < -0.39 is 0 Å². The summed E-state index contributed by atoms with van der Waals surface area (Å²) in [4.78, 5) is 8.83. The zero-order valence-electron chi connectivity index (χ0n) is 12.3. The average molecular weight is 317 g/mol. The second-order valence-corrected chi connectivity index (χ2v) is 5.64. The molecule has 0 fully saturated rings. The summed E-state index contributed by atoms with van der Waals surface area (Å²) >= 11 is 6.15. The van der Waals surface area contributed by atoms with Gasteiger partial charge in [0.1, 0.15) is 0 Å². The van der Waals surface area contributed by atoms with Crippen LogP contribution >= 0.6 is 11.6 Å². The molecule has 3 aromatic carbocycles. The van der Waals surface area contributed by atoms with Gasteiger partial charge in [0.15, 0.2) is 0 Å². The summed E-state index contributed by atoms with van der Waals surface area (Å²) in [6, 6.07) is 26.5. The Bertz CT molecular complexity index is 967. The molecule has 1 aromatic heterocycles. The average Bonchev–Trinajstić information content (AvgIpc) is 2.62. The SMILES string of the molecule is Clc1nc(-c2ccccc2)c2ccc(-c3ccccc3)cc2n1. The van der Waals surface area contributed by atoms with Crippen LogP contribution in [0.2, 0.25) is 5.28 Å². The van der Waals surface area contributed by atoms with Crippen molar-refractivity contribution in [2.24, 2.45) is 0 Å². The van der Waals surface area contributed by atoms with E-state index in [9.17, 15) is 0 Å². The summed E-state index contributed by atoms with van der Waals surface area (Å²) in [6.07, 6.45) is 0. The molecule has 4 rings (SSSR count). The Kier molecular flexibility index (Phi) is 3.52. The first-order valence-electron chi connectivity index (χ1n) is 7.39. The van der Waals surface area contributed by atoms with E-state index in [2.05, 4.69) is 40.3 Å². The maximum absolute atomic E-state index is 6.15. The van der Waals surface area contributed by atoms with Gasteiger partial charge in [0.25, 0.3) is 0 Å². The predicted octanol–water partition coefficient (Wildman–Crippen LogP) is 5.62. The first-order valence-corrected chi connectivity index (χ1v) is 7.77. The molecule has 0 atom stereocenters. The van der Waals surface area contributed by atoms with Gasteiger partial charge in [0, 0.05) is 10.9 Å². The van der Waals surface area contributed by atoms with Crippen molar-refractivity contribution >= 4 is 22.5 Å². The van der Waals surface area contributed by atoms with Crippen molar-refractivity contribution in [1.29, 1.82) is 0 Å². The topological polar surface area (TPSA) is 25.8 Å². The molecule has 1 heterocycles. The smallest absolute Gasteiger partial charge is 0.218 e. The van der Waals surface area contributed by atoms with E-state index in [1.54, 1.807) is 0 Å². The van der Waals surface area contributed by atoms with Gasteiger partial charge in [-0.05, 0) is 34.9 Å². The maximum Gasteiger partial charge on any atom is 0.223 e. The minimum Gasteiger partial charge on any atom is -0.218 e. The molecule has 3 heteroatoms. The van der Waals surface area contributed by atoms with Crippen LogP contribution in [0.25, 0.3) is 33.3 Å². The lowest BCUT2D eigenvalue weighted by Gasteiger charge is -2.08. The van der Waals surface area contributed by atoms with Gasteiger partial charge in [-0.3, -0.25) is 0 Å². The summed E-state index contributed by atoms with van der Waals surface area (Å²) < 4.78 is 0. The molecule has 23 heavy (non-hydrogen) atoms. The Hall–Kier alpha value is -2.71. The molecule has 110 valence electrons. The first-order chi connectivity index (χ1) is 11.3. The van der Waals surface area contributed by atoms with Crippen molar-refractivity contribution in [2.75, 3.05) is 0 Å². The molecule has 4 aromatic rings. The van der Waals surface area contributed by atoms with Crippen molar-refractivity contribution in [3.8, 4) is 22.4 Å². The zero-order chi connectivity index (χ0) is 15.6. The minimum atomic E-state index is 0.265. The molecule has 0 aliphatic rings. The van der Waals surface area contributed by atoms with Crippen LogP contribution in [0, 0.1) is 0 Å². The highest BCUT2D eigenvalue weighted by Crippen LogP contribution is 2.30. The molecule has 0 aliphatic carbocycles. The number of halogens is 1. The third kappa shape index (κ3) is 2.69. The summed E-state index contributed by atoms with van der Waals surface area (Å²) in [5.41, 5.74) is 5.02. The predicted molar refractivity (Wildman–Crippen MR) is 95.4 cm³/mol. The number of hydrogen-bond donors (Lipinski definition) is 0. The van der Waals surface area contributed by atoms with Crippen LogP contribution in [0.4, 0.5) is 0 Å². The van der Waals surface area contributed by atoms with Crippen molar-refractivity contribution < 1.29 is 0 Å². The molecule has 2 nitrogen and oxygen atoms in total.